The lowest BCUT2D eigenvalue weighted by molar-refractivity contribution is 0.536. The van der Waals surface area contributed by atoms with Gasteiger partial charge in [0.15, 0.2) is 16.6 Å². The zero-order valence-corrected chi connectivity index (χ0v) is 18.9. The van der Waals surface area contributed by atoms with E-state index in [0.29, 0.717) is 0 Å². The predicted octanol–water partition coefficient (Wildman–Crippen LogP) is 6.52. The summed E-state index contributed by atoms with van der Waals surface area (Å²) < 4.78 is 6.79. The molecule has 0 spiro atoms. The Balaban J connectivity index is 1.85. The van der Waals surface area contributed by atoms with Gasteiger partial charge in [-0.05, 0) is 76.1 Å². The van der Waals surface area contributed by atoms with Crippen molar-refractivity contribution in [3.8, 4) is 0 Å². The SMILES string of the molecule is Cc1ccc(CC[Si](C)(C)O[Si](C)(C)CCc2ccc(C)cc2)cc1. The molecule has 0 bridgehead atoms. The van der Waals surface area contributed by atoms with Crippen LogP contribution in [0.4, 0.5) is 0 Å². The predicted molar refractivity (Wildman–Crippen MR) is 115 cm³/mol. The minimum Gasteiger partial charge on any atom is -0.455 e. The van der Waals surface area contributed by atoms with Crippen molar-refractivity contribution in [1.29, 1.82) is 0 Å². The van der Waals surface area contributed by atoms with Gasteiger partial charge in [-0.1, -0.05) is 59.7 Å². The second-order valence-electron chi connectivity index (χ2n) is 8.59. The zero-order valence-electron chi connectivity index (χ0n) is 16.9. The third-order valence-electron chi connectivity index (χ3n) is 4.83. The molecule has 0 atom stereocenters. The fourth-order valence-electron chi connectivity index (χ4n) is 3.25. The molecule has 0 N–H and O–H groups in total. The van der Waals surface area contributed by atoms with Crippen molar-refractivity contribution >= 4 is 16.6 Å². The molecule has 0 aliphatic heterocycles. The van der Waals surface area contributed by atoms with Gasteiger partial charge in [0.05, 0.1) is 0 Å². The van der Waals surface area contributed by atoms with Gasteiger partial charge >= 0.3 is 0 Å². The topological polar surface area (TPSA) is 9.23 Å². The lowest BCUT2D eigenvalue weighted by Crippen LogP contribution is -2.44. The molecule has 0 aliphatic rings. The van der Waals surface area contributed by atoms with E-state index in [1.54, 1.807) is 0 Å². The summed E-state index contributed by atoms with van der Waals surface area (Å²) in [6.07, 6.45) is 2.28. The van der Waals surface area contributed by atoms with E-state index in [2.05, 4.69) is 88.6 Å². The summed E-state index contributed by atoms with van der Waals surface area (Å²) in [7, 11) is -3.24. The molecule has 0 saturated carbocycles. The average molecular weight is 371 g/mol. The maximum absolute atomic E-state index is 6.79. The van der Waals surface area contributed by atoms with Crippen molar-refractivity contribution in [3.05, 3.63) is 70.8 Å². The van der Waals surface area contributed by atoms with Gasteiger partial charge in [0.25, 0.3) is 0 Å². The van der Waals surface area contributed by atoms with Crippen molar-refractivity contribution in [2.75, 3.05) is 0 Å². The fourth-order valence-corrected chi connectivity index (χ4v) is 11.8. The first-order chi connectivity index (χ1) is 11.7. The van der Waals surface area contributed by atoms with Crippen molar-refractivity contribution < 1.29 is 4.12 Å². The van der Waals surface area contributed by atoms with E-state index >= 15 is 0 Å². The smallest absolute Gasteiger partial charge is 0.173 e. The standard InChI is InChI=1S/C22H34OSi2/c1-19-7-11-21(12-8-19)15-17-24(3,4)23-25(5,6)18-16-22-13-9-20(2)10-14-22/h7-14H,15-18H2,1-6H3. The van der Waals surface area contributed by atoms with Crippen LogP contribution in [0.15, 0.2) is 48.5 Å². The summed E-state index contributed by atoms with van der Waals surface area (Å²) in [5.74, 6) is 0. The molecule has 3 heteroatoms. The molecule has 25 heavy (non-hydrogen) atoms. The Hall–Kier alpha value is -1.17. The van der Waals surface area contributed by atoms with Crippen LogP contribution in [0.2, 0.25) is 38.3 Å². The van der Waals surface area contributed by atoms with Gasteiger partial charge in [0.2, 0.25) is 0 Å². The highest BCUT2D eigenvalue weighted by molar-refractivity contribution is 6.84. The Labute approximate surface area is 156 Å². The van der Waals surface area contributed by atoms with Gasteiger partial charge in [-0.25, -0.2) is 0 Å². The van der Waals surface area contributed by atoms with Crippen LogP contribution in [0.25, 0.3) is 0 Å². The minimum absolute atomic E-state index is 1.14. The van der Waals surface area contributed by atoms with Crippen LogP contribution in [0.5, 0.6) is 0 Å². The number of benzene rings is 2. The second-order valence-corrected chi connectivity index (χ2v) is 17.4. The van der Waals surface area contributed by atoms with Crippen LogP contribution < -0.4 is 0 Å². The van der Waals surface area contributed by atoms with E-state index in [9.17, 15) is 0 Å². The van der Waals surface area contributed by atoms with Crippen LogP contribution >= 0.6 is 0 Å². The van der Waals surface area contributed by atoms with Crippen LogP contribution in [-0.4, -0.2) is 16.6 Å². The molecule has 0 aromatic heterocycles. The van der Waals surface area contributed by atoms with E-state index in [0.717, 1.165) is 12.8 Å². The molecule has 0 fully saturated rings. The van der Waals surface area contributed by atoms with Crippen molar-refractivity contribution in [3.63, 3.8) is 0 Å². The number of hydrogen-bond donors (Lipinski definition) is 0. The Morgan fingerprint density at radius 3 is 1.24 bits per heavy atom. The first-order valence-electron chi connectivity index (χ1n) is 9.47. The van der Waals surface area contributed by atoms with E-state index in [1.165, 1.54) is 34.3 Å². The van der Waals surface area contributed by atoms with E-state index < -0.39 is 16.6 Å². The third kappa shape index (κ3) is 7.31. The molecular weight excluding hydrogens is 336 g/mol. The average Bonchev–Trinajstić information content (AvgIpc) is 2.53. The van der Waals surface area contributed by atoms with Gasteiger partial charge in [0.1, 0.15) is 0 Å². The lowest BCUT2D eigenvalue weighted by atomic mass is 10.1. The summed E-state index contributed by atoms with van der Waals surface area (Å²) in [4.78, 5) is 0. The van der Waals surface area contributed by atoms with Crippen LogP contribution in [-0.2, 0) is 17.0 Å². The molecule has 1 nitrogen and oxygen atoms in total. The number of rotatable bonds is 8. The van der Waals surface area contributed by atoms with Crippen molar-refractivity contribution in [1.82, 2.24) is 0 Å². The van der Waals surface area contributed by atoms with Gasteiger partial charge in [-0.15, -0.1) is 0 Å². The van der Waals surface area contributed by atoms with E-state index in [-0.39, 0.29) is 0 Å². The first-order valence-corrected chi connectivity index (χ1v) is 15.7. The normalized spacial score (nSPS) is 12.4. The van der Waals surface area contributed by atoms with Crippen LogP contribution in [0, 0.1) is 13.8 Å². The Bertz CT molecular complexity index is 598. The van der Waals surface area contributed by atoms with Crippen LogP contribution in [0.3, 0.4) is 0 Å². The lowest BCUT2D eigenvalue weighted by Gasteiger charge is -2.34. The molecule has 0 radical (unpaired) electrons. The number of hydrogen-bond acceptors (Lipinski definition) is 1. The minimum atomic E-state index is -1.62. The largest absolute Gasteiger partial charge is 0.455 e. The third-order valence-corrected chi connectivity index (χ3v) is 12.2. The Morgan fingerprint density at radius 2 is 0.920 bits per heavy atom. The molecular formula is C22H34OSi2. The van der Waals surface area contributed by atoms with E-state index in [1.807, 2.05) is 0 Å². The second kappa shape index (κ2) is 8.48. The molecule has 0 aliphatic carbocycles. The Morgan fingerprint density at radius 1 is 0.600 bits per heavy atom. The quantitative estimate of drug-likeness (QED) is 0.481. The molecule has 0 heterocycles. The van der Waals surface area contributed by atoms with Gasteiger partial charge in [-0.2, -0.15) is 0 Å². The maximum atomic E-state index is 6.79. The van der Waals surface area contributed by atoms with Crippen molar-refractivity contribution in [2.45, 2.75) is 65.0 Å². The summed E-state index contributed by atoms with van der Waals surface area (Å²) in [6.45, 7) is 13.9. The first kappa shape index (κ1) is 20.1. The van der Waals surface area contributed by atoms with Gasteiger partial charge in [-0.3, -0.25) is 0 Å². The molecule has 2 aromatic carbocycles. The summed E-state index contributed by atoms with van der Waals surface area (Å²) >= 11 is 0. The molecule has 0 saturated heterocycles. The molecule has 2 rings (SSSR count). The highest BCUT2D eigenvalue weighted by atomic mass is 28.4. The molecule has 136 valence electrons. The summed E-state index contributed by atoms with van der Waals surface area (Å²) in [5.41, 5.74) is 5.55. The van der Waals surface area contributed by atoms with E-state index in [4.69, 9.17) is 4.12 Å². The fraction of sp³-hybridized carbons (Fsp3) is 0.455. The maximum Gasteiger partial charge on any atom is 0.173 e. The monoisotopic (exact) mass is 370 g/mol. The Kier molecular flexibility index (Phi) is 6.83. The van der Waals surface area contributed by atoms with Crippen LogP contribution in [0.1, 0.15) is 22.3 Å². The van der Waals surface area contributed by atoms with Gasteiger partial charge in [0, 0.05) is 0 Å². The molecule has 0 unspecified atom stereocenters. The summed E-state index contributed by atoms with van der Waals surface area (Å²) in [5, 5.41) is 0. The summed E-state index contributed by atoms with van der Waals surface area (Å²) in [6, 6.07) is 20.3. The highest BCUT2D eigenvalue weighted by Gasteiger charge is 2.32. The number of aryl methyl sites for hydroxylation is 4. The van der Waals surface area contributed by atoms with Crippen molar-refractivity contribution in [2.24, 2.45) is 0 Å². The van der Waals surface area contributed by atoms with Gasteiger partial charge < -0.3 is 4.12 Å². The molecule has 2 aromatic rings. The zero-order chi connectivity index (χ0) is 18.5. The highest BCUT2D eigenvalue weighted by Crippen LogP contribution is 2.24. The molecule has 0 amide bonds.